The molecule has 0 spiro atoms. The van der Waals surface area contributed by atoms with Crippen LogP contribution in [0.4, 0.5) is 0 Å². The van der Waals surface area contributed by atoms with Gasteiger partial charge in [0, 0.05) is 20.0 Å². The van der Waals surface area contributed by atoms with Crippen molar-refractivity contribution in [3.05, 3.63) is 44.0 Å². The number of hydrogen-bond donors (Lipinski definition) is 0. The first-order valence-electron chi connectivity index (χ1n) is 4.63. The maximum Gasteiger partial charge on any atom is 0.164 e. The Hall–Kier alpha value is -0.160. The molecule has 0 aliphatic heterocycles. The zero-order valence-corrected chi connectivity index (χ0v) is 12.3. The van der Waals surface area contributed by atoms with Crippen LogP contribution in [0.5, 0.6) is 0 Å². The highest BCUT2D eigenvalue weighted by Crippen LogP contribution is 2.21. The summed E-state index contributed by atoms with van der Waals surface area (Å²) >= 11 is 5.60. The van der Waals surface area contributed by atoms with Gasteiger partial charge < -0.3 is 0 Å². The third-order valence-electron chi connectivity index (χ3n) is 2.01. The van der Waals surface area contributed by atoms with Crippen molar-refractivity contribution in [1.29, 1.82) is 0 Å². The Morgan fingerprint density at radius 1 is 1.47 bits per heavy atom. The molecule has 0 unspecified atom stereocenters. The molecule has 0 saturated carbocycles. The van der Waals surface area contributed by atoms with Crippen LogP contribution in [0.3, 0.4) is 0 Å². The first-order chi connectivity index (χ1) is 7.00. The molecular formula is C12H12BrIO. The van der Waals surface area contributed by atoms with Crippen molar-refractivity contribution >= 4 is 44.3 Å². The van der Waals surface area contributed by atoms with Gasteiger partial charge in [0.25, 0.3) is 0 Å². The van der Waals surface area contributed by atoms with Crippen LogP contribution in [0, 0.1) is 3.57 Å². The summed E-state index contributed by atoms with van der Waals surface area (Å²) < 4.78 is 1.95. The smallest absolute Gasteiger partial charge is 0.164 e. The standard InChI is InChI=1S/C12H12BrIO/c1-8(2)3-6-12(15)10-7-9(14)4-5-11(10)13/h4-5,7H,1,3,6H2,2H3. The lowest BCUT2D eigenvalue weighted by atomic mass is 10.0. The lowest BCUT2D eigenvalue weighted by Gasteiger charge is -2.04. The second-order valence-corrected chi connectivity index (χ2v) is 5.60. The minimum Gasteiger partial charge on any atom is -0.294 e. The van der Waals surface area contributed by atoms with Crippen molar-refractivity contribution in [2.75, 3.05) is 0 Å². The summed E-state index contributed by atoms with van der Waals surface area (Å²) in [5.41, 5.74) is 1.81. The number of carbonyl (C=O) groups is 1. The molecule has 1 aromatic carbocycles. The molecule has 1 nitrogen and oxygen atoms in total. The van der Waals surface area contributed by atoms with Crippen LogP contribution < -0.4 is 0 Å². The number of allylic oxidation sites excluding steroid dienone is 1. The van der Waals surface area contributed by atoms with Gasteiger partial charge in [-0.25, -0.2) is 0 Å². The van der Waals surface area contributed by atoms with Gasteiger partial charge in [0.2, 0.25) is 0 Å². The molecule has 0 saturated heterocycles. The van der Waals surface area contributed by atoms with Gasteiger partial charge in [0.05, 0.1) is 0 Å². The fraction of sp³-hybridized carbons (Fsp3) is 0.250. The van der Waals surface area contributed by atoms with Gasteiger partial charge in [0.15, 0.2) is 5.78 Å². The highest BCUT2D eigenvalue weighted by Gasteiger charge is 2.10. The van der Waals surface area contributed by atoms with E-state index in [1.54, 1.807) is 0 Å². The molecule has 80 valence electrons. The minimum atomic E-state index is 0.170. The van der Waals surface area contributed by atoms with Crippen LogP contribution in [0.15, 0.2) is 34.8 Å². The van der Waals surface area contributed by atoms with E-state index in [4.69, 9.17) is 0 Å². The van der Waals surface area contributed by atoms with Crippen molar-refractivity contribution in [3.8, 4) is 0 Å². The number of hydrogen-bond acceptors (Lipinski definition) is 1. The molecule has 0 N–H and O–H groups in total. The molecule has 0 aliphatic rings. The third kappa shape index (κ3) is 4.07. The lowest BCUT2D eigenvalue weighted by molar-refractivity contribution is 0.0982. The highest BCUT2D eigenvalue weighted by molar-refractivity contribution is 14.1. The summed E-state index contributed by atoms with van der Waals surface area (Å²) in [4.78, 5) is 11.8. The van der Waals surface area contributed by atoms with Crippen molar-refractivity contribution in [1.82, 2.24) is 0 Å². The second kappa shape index (κ2) is 5.80. The van der Waals surface area contributed by atoms with Crippen molar-refractivity contribution in [2.24, 2.45) is 0 Å². The van der Waals surface area contributed by atoms with Crippen LogP contribution in [0.25, 0.3) is 0 Å². The molecule has 0 heterocycles. The van der Waals surface area contributed by atoms with E-state index in [0.29, 0.717) is 6.42 Å². The molecule has 0 amide bonds. The Morgan fingerprint density at radius 2 is 2.13 bits per heavy atom. The van der Waals surface area contributed by atoms with Gasteiger partial charge in [-0.15, -0.1) is 6.58 Å². The molecule has 15 heavy (non-hydrogen) atoms. The molecular weight excluding hydrogens is 367 g/mol. The Bertz CT molecular complexity index is 399. The van der Waals surface area contributed by atoms with Gasteiger partial charge in [-0.05, 0) is 54.1 Å². The predicted octanol–water partition coefficient (Wildman–Crippen LogP) is 4.59. The van der Waals surface area contributed by atoms with Crippen LogP contribution >= 0.6 is 38.5 Å². The minimum absolute atomic E-state index is 0.170. The van der Waals surface area contributed by atoms with E-state index in [-0.39, 0.29) is 5.78 Å². The summed E-state index contributed by atoms with van der Waals surface area (Å²) in [5.74, 6) is 0.170. The lowest BCUT2D eigenvalue weighted by Crippen LogP contribution is -2.00. The topological polar surface area (TPSA) is 17.1 Å². The Labute approximate surface area is 112 Å². The number of benzene rings is 1. The zero-order valence-electron chi connectivity index (χ0n) is 8.52. The molecule has 0 atom stereocenters. The maximum absolute atomic E-state index is 11.8. The van der Waals surface area contributed by atoms with Crippen LogP contribution in [0.2, 0.25) is 0 Å². The molecule has 0 aliphatic carbocycles. The first kappa shape index (κ1) is 12.9. The van der Waals surface area contributed by atoms with Crippen molar-refractivity contribution < 1.29 is 4.79 Å². The average Bonchev–Trinajstić information content (AvgIpc) is 2.18. The molecule has 0 fully saturated rings. The molecule has 0 radical (unpaired) electrons. The fourth-order valence-electron chi connectivity index (χ4n) is 1.17. The molecule has 1 rings (SSSR count). The van der Waals surface area contributed by atoms with Gasteiger partial charge >= 0.3 is 0 Å². The number of carbonyl (C=O) groups excluding carboxylic acids is 1. The normalized spacial score (nSPS) is 10.1. The second-order valence-electron chi connectivity index (χ2n) is 3.50. The summed E-state index contributed by atoms with van der Waals surface area (Å²) in [6.45, 7) is 5.74. The number of Topliss-reactive ketones (excluding diaryl/α,β-unsaturated/α-hetero) is 1. The zero-order chi connectivity index (χ0) is 11.4. The summed E-state index contributed by atoms with van der Waals surface area (Å²) in [7, 11) is 0. The number of ketones is 1. The SMILES string of the molecule is C=C(C)CCC(=O)c1cc(I)ccc1Br. The van der Waals surface area contributed by atoms with Gasteiger partial charge in [-0.2, -0.15) is 0 Å². The quantitative estimate of drug-likeness (QED) is 0.425. The number of rotatable bonds is 4. The first-order valence-corrected chi connectivity index (χ1v) is 6.50. The van der Waals surface area contributed by atoms with Crippen molar-refractivity contribution in [2.45, 2.75) is 19.8 Å². The fourth-order valence-corrected chi connectivity index (χ4v) is 2.13. The third-order valence-corrected chi connectivity index (χ3v) is 3.37. The van der Waals surface area contributed by atoms with Crippen LogP contribution in [-0.4, -0.2) is 5.78 Å². The van der Waals surface area contributed by atoms with E-state index in [1.165, 1.54) is 0 Å². The largest absolute Gasteiger partial charge is 0.294 e. The average molecular weight is 379 g/mol. The van der Waals surface area contributed by atoms with E-state index < -0.39 is 0 Å². The molecule has 1 aromatic rings. The molecule has 0 aromatic heterocycles. The highest BCUT2D eigenvalue weighted by atomic mass is 127. The monoisotopic (exact) mass is 378 g/mol. The predicted molar refractivity (Wildman–Crippen MR) is 75.2 cm³/mol. The van der Waals surface area contributed by atoms with E-state index >= 15 is 0 Å². The van der Waals surface area contributed by atoms with Gasteiger partial charge in [0.1, 0.15) is 0 Å². The van der Waals surface area contributed by atoms with Gasteiger partial charge in [-0.3, -0.25) is 4.79 Å². The van der Waals surface area contributed by atoms with E-state index in [2.05, 4.69) is 45.1 Å². The van der Waals surface area contributed by atoms with E-state index in [0.717, 1.165) is 25.6 Å². The van der Waals surface area contributed by atoms with Crippen LogP contribution in [-0.2, 0) is 0 Å². The van der Waals surface area contributed by atoms with Gasteiger partial charge in [-0.1, -0.05) is 21.5 Å². The number of halogens is 2. The summed E-state index contributed by atoms with van der Waals surface area (Å²) in [6, 6.07) is 5.79. The van der Waals surface area contributed by atoms with Crippen LogP contribution in [0.1, 0.15) is 30.1 Å². The van der Waals surface area contributed by atoms with Crippen molar-refractivity contribution in [3.63, 3.8) is 0 Å². The summed E-state index contributed by atoms with van der Waals surface area (Å²) in [6.07, 6.45) is 1.30. The Morgan fingerprint density at radius 3 is 2.73 bits per heavy atom. The summed E-state index contributed by atoms with van der Waals surface area (Å²) in [5, 5.41) is 0. The molecule has 3 heteroatoms. The Balaban J connectivity index is 2.81. The maximum atomic E-state index is 11.8. The molecule has 0 bridgehead atoms. The van der Waals surface area contributed by atoms with E-state index in [1.807, 2.05) is 25.1 Å². The van der Waals surface area contributed by atoms with E-state index in [9.17, 15) is 4.79 Å². The Kier molecular flexibility index (Phi) is 4.99.